The summed E-state index contributed by atoms with van der Waals surface area (Å²) in [5.74, 6) is 0.252. The molecule has 3 aromatic rings. The van der Waals surface area contributed by atoms with E-state index in [1.54, 1.807) is 56.6 Å². The highest BCUT2D eigenvalue weighted by Crippen LogP contribution is 2.30. The van der Waals surface area contributed by atoms with Crippen molar-refractivity contribution in [1.29, 1.82) is 0 Å². The average Bonchev–Trinajstić information content (AvgIpc) is 2.94. The zero-order valence-electron chi connectivity index (χ0n) is 13.7. The van der Waals surface area contributed by atoms with E-state index in [4.69, 9.17) is 16.1 Å². The average molecular weight is 378 g/mol. The first-order valence-corrected chi connectivity index (χ1v) is 9.31. The molecule has 0 aliphatic rings. The Kier molecular flexibility index (Phi) is 4.78. The highest BCUT2D eigenvalue weighted by atomic mass is 35.5. The second-order valence-electron chi connectivity index (χ2n) is 5.50. The van der Waals surface area contributed by atoms with Gasteiger partial charge in [0.15, 0.2) is 10.7 Å². The van der Waals surface area contributed by atoms with Gasteiger partial charge < -0.3 is 4.52 Å². The maximum atomic E-state index is 13.3. The first-order valence-electron chi connectivity index (χ1n) is 7.49. The number of pyridine rings is 1. The van der Waals surface area contributed by atoms with E-state index >= 15 is 0 Å². The van der Waals surface area contributed by atoms with E-state index in [-0.39, 0.29) is 17.2 Å². The van der Waals surface area contributed by atoms with Crippen molar-refractivity contribution in [3.05, 3.63) is 70.8 Å². The van der Waals surface area contributed by atoms with Crippen molar-refractivity contribution in [3.8, 4) is 0 Å². The third-order valence-corrected chi connectivity index (χ3v) is 5.95. The number of aromatic nitrogens is 2. The lowest BCUT2D eigenvalue weighted by Crippen LogP contribution is -2.31. The van der Waals surface area contributed by atoms with Crippen molar-refractivity contribution in [2.45, 2.75) is 25.3 Å². The van der Waals surface area contributed by atoms with Gasteiger partial charge in [-0.2, -0.15) is 0 Å². The van der Waals surface area contributed by atoms with E-state index in [1.807, 2.05) is 6.07 Å². The summed E-state index contributed by atoms with van der Waals surface area (Å²) in [6.07, 6.45) is 3.27. The fourth-order valence-corrected chi connectivity index (χ4v) is 4.41. The van der Waals surface area contributed by atoms with E-state index in [1.165, 1.54) is 4.31 Å². The van der Waals surface area contributed by atoms with Crippen LogP contribution in [0.5, 0.6) is 0 Å². The van der Waals surface area contributed by atoms with Crippen LogP contribution in [0.25, 0.3) is 0 Å². The van der Waals surface area contributed by atoms with Crippen LogP contribution in [0.4, 0.5) is 5.69 Å². The second kappa shape index (κ2) is 6.85. The van der Waals surface area contributed by atoms with Gasteiger partial charge in [-0.3, -0.25) is 9.29 Å². The summed E-state index contributed by atoms with van der Waals surface area (Å²) >= 11 is 5.94. The van der Waals surface area contributed by atoms with Gasteiger partial charge in [0.1, 0.15) is 5.69 Å². The number of rotatable bonds is 5. The molecular formula is C17H16ClN3O3S. The molecule has 0 aliphatic heterocycles. The van der Waals surface area contributed by atoms with Gasteiger partial charge in [0.2, 0.25) is 0 Å². The highest BCUT2D eigenvalue weighted by Gasteiger charge is 2.31. The van der Waals surface area contributed by atoms with Crippen LogP contribution < -0.4 is 4.31 Å². The van der Waals surface area contributed by atoms with Gasteiger partial charge in [-0.05, 0) is 49.7 Å². The first kappa shape index (κ1) is 17.4. The van der Waals surface area contributed by atoms with Gasteiger partial charge in [0.05, 0.1) is 12.2 Å². The first-order chi connectivity index (χ1) is 11.9. The summed E-state index contributed by atoms with van der Waals surface area (Å²) in [6.45, 7) is 3.31. The quantitative estimate of drug-likeness (QED) is 0.677. The second-order valence-corrected chi connectivity index (χ2v) is 7.74. The summed E-state index contributed by atoms with van der Waals surface area (Å²) in [7, 11) is -3.88. The van der Waals surface area contributed by atoms with Gasteiger partial charge in [-0.15, -0.1) is 0 Å². The fraction of sp³-hybridized carbons (Fsp3) is 0.176. The zero-order chi connectivity index (χ0) is 18.0. The monoisotopic (exact) mass is 377 g/mol. The van der Waals surface area contributed by atoms with Crippen molar-refractivity contribution in [2.75, 3.05) is 4.31 Å². The van der Waals surface area contributed by atoms with Crippen LogP contribution in [-0.2, 0) is 16.6 Å². The van der Waals surface area contributed by atoms with E-state index in [0.717, 1.165) is 5.56 Å². The minimum Gasteiger partial charge on any atom is -0.360 e. The van der Waals surface area contributed by atoms with Crippen molar-refractivity contribution in [1.82, 2.24) is 10.1 Å². The van der Waals surface area contributed by atoms with Gasteiger partial charge >= 0.3 is 0 Å². The number of hydrogen-bond donors (Lipinski definition) is 0. The van der Waals surface area contributed by atoms with Crippen molar-refractivity contribution >= 4 is 27.3 Å². The Morgan fingerprint density at radius 3 is 2.44 bits per heavy atom. The predicted molar refractivity (Wildman–Crippen MR) is 95.0 cm³/mol. The third-order valence-electron chi connectivity index (χ3n) is 3.68. The lowest BCUT2D eigenvalue weighted by atomic mass is 10.2. The molecule has 3 rings (SSSR count). The Morgan fingerprint density at radius 1 is 1.16 bits per heavy atom. The maximum absolute atomic E-state index is 13.3. The van der Waals surface area contributed by atoms with Gasteiger partial charge in [-0.25, -0.2) is 8.42 Å². The van der Waals surface area contributed by atoms with Crippen molar-refractivity contribution in [2.24, 2.45) is 0 Å². The summed E-state index contributed by atoms with van der Waals surface area (Å²) in [4.78, 5) is 4.13. The minimum absolute atomic E-state index is 0.0753. The Bertz CT molecular complexity index is 951. The van der Waals surface area contributed by atoms with Crippen LogP contribution in [0.2, 0.25) is 5.02 Å². The smallest absolute Gasteiger partial charge is 0.270 e. The number of aryl methyl sites for hydroxylation is 2. The molecule has 0 bridgehead atoms. The normalized spacial score (nSPS) is 11.5. The Labute approximate surface area is 151 Å². The maximum Gasteiger partial charge on any atom is 0.270 e. The molecule has 0 unspecified atom stereocenters. The molecule has 0 atom stereocenters. The largest absolute Gasteiger partial charge is 0.360 e. The molecule has 0 aliphatic carbocycles. The number of benzene rings is 1. The molecule has 25 heavy (non-hydrogen) atoms. The summed E-state index contributed by atoms with van der Waals surface area (Å²) in [6, 6.07) is 10.2. The molecular weight excluding hydrogens is 362 g/mol. The molecule has 0 N–H and O–H groups in total. The van der Waals surface area contributed by atoms with E-state index in [2.05, 4.69) is 10.1 Å². The fourth-order valence-electron chi connectivity index (χ4n) is 2.53. The van der Waals surface area contributed by atoms with E-state index < -0.39 is 10.0 Å². The van der Waals surface area contributed by atoms with Crippen LogP contribution in [0.15, 0.2) is 58.2 Å². The van der Waals surface area contributed by atoms with Crippen molar-refractivity contribution < 1.29 is 12.9 Å². The third kappa shape index (κ3) is 3.52. The molecule has 0 radical (unpaired) electrons. The summed E-state index contributed by atoms with van der Waals surface area (Å²) < 4.78 is 32.9. The van der Waals surface area contributed by atoms with Crippen LogP contribution in [-0.4, -0.2) is 18.6 Å². The SMILES string of the molecule is Cc1noc(C)c1S(=O)(=O)N(Cc1cccnc1)c1ccc(Cl)cc1. The topological polar surface area (TPSA) is 76.3 Å². The van der Waals surface area contributed by atoms with E-state index in [9.17, 15) is 8.42 Å². The molecule has 0 saturated heterocycles. The zero-order valence-corrected chi connectivity index (χ0v) is 15.3. The Balaban J connectivity index is 2.12. The number of hydrogen-bond acceptors (Lipinski definition) is 5. The lowest BCUT2D eigenvalue weighted by molar-refractivity contribution is 0.390. The Hall–Kier alpha value is -2.38. The number of nitrogens with zero attached hydrogens (tertiary/aromatic N) is 3. The molecule has 0 saturated carbocycles. The lowest BCUT2D eigenvalue weighted by Gasteiger charge is -2.24. The standard InChI is InChI=1S/C17H16ClN3O3S/c1-12-17(13(2)24-20-12)25(22,23)21(11-14-4-3-9-19-10-14)16-7-5-15(18)6-8-16/h3-10H,11H2,1-2H3. The Morgan fingerprint density at radius 2 is 1.88 bits per heavy atom. The molecule has 0 fully saturated rings. The molecule has 0 spiro atoms. The van der Waals surface area contributed by atoms with Crippen LogP contribution in [0, 0.1) is 13.8 Å². The molecule has 2 aromatic heterocycles. The predicted octanol–water partition coefficient (Wildman–Crippen LogP) is 3.74. The van der Waals surface area contributed by atoms with E-state index in [0.29, 0.717) is 16.4 Å². The molecule has 0 amide bonds. The summed E-state index contributed by atoms with van der Waals surface area (Å²) in [5.41, 5.74) is 1.57. The molecule has 8 heteroatoms. The molecule has 1 aromatic carbocycles. The number of sulfonamides is 1. The molecule has 6 nitrogen and oxygen atoms in total. The van der Waals surface area contributed by atoms with Gasteiger partial charge in [0.25, 0.3) is 10.0 Å². The molecule has 130 valence electrons. The van der Waals surface area contributed by atoms with Gasteiger partial charge in [0, 0.05) is 17.4 Å². The number of anilines is 1. The highest BCUT2D eigenvalue weighted by molar-refractivity contribution is 7.92. The van der Waals surface area contributed by atoms with Crippen LogP contribution in [0.3, 0.4) is 0 Å². The minimum atomic E-state index is -3.88. The molecule has 2 heterocycles. The van der Waals surface area contributed by atoms with Crippen molar-refractivity contribution in [3.63, 3.8) is 0 Å². The van der Waals surface area contributed by atoms with Crippen LogP contribution in [0.1, 0.15) is 17.0 Å². The van der Waals surface area contributed by atoms with Crippen LogP contribution >= 0.6 is 11.6 Å². The van der Waals surface area contributed by atoms with Gasteiger partial charge in [-0.1, -0.05) is 22.8 Å². The number of halogens is 1. The summed E-state index contributed by atoms with van der Waals surface area (Å²) in [5, 5.41) is 4.29.